The first-order valence-electron chi connectivity index (χ1n) is 8.48. The third kappa shape index (κ3) is 6.01. The number of hydrogen-bond acceptors (Lipinski definition) is 5. The fourth-order valence-corrected chi connectivity index (χ4v) is 4.31. The lowest BCUT2D eigenvalue weighted by molar-refractivity contribution is 0.102. The lowest BCUT2D eigenvalue weighted by Gasteiger charge is -2.08. The van der Waals surface area contributed by atoms with E-state index in [9.17, 15) is 21.6 Å². The summed E-state index contributed by atoms with van der Waals surface area (Å²) in [5, 5.41) is 2.69. The Hall–Kier alpha value is -2.49. The van der Waals surface area contributed by atoms with Crippen LogP contribution in [0.1, 0.15) is 22.8 Å². The van der Waals surface area contributed by atoms with Crippen molar-refractivity contribution >= 4 is 31.5 Å². The van der Waals surface area contributed by atoms with Gasteiger partial charge in [0.1, 0.15) is 0 Å². The Balaban J connectivity index is 2.04. The Labute approximate surface area is 165 Å². The summed E-state index contributed by atoms with van der Waals surface area (Å²) < 4.78 is 49.7. The minimum absolute atomic E-state index is 0.0102. The molecule has 0 aromatic heterocycles. The van der Waals surface area contributed by atoms with Crippen LogP contribution < -0.4 is 10.0 Å². The zero-order valence-corrected chi connectivity index (χ0v) is 17.0. The molecule has 9 heteroatoms. The number of sulfone groups is 1. The van der Waals surface area contributed by atoms with Gasteiger partial charge in [-0.2, -0.15) is 0 Å². The Kier molecular flexibility index (Phi) is 7.11. The van der Waals surface area contributed by atoms with E-state index in [-0.39, 0.29) is 22.9 Å². The average Bonchev–Trinajstić information content (AvgIpc) is 2.68. The molecule has 7 nitrogen and oxygen atoms in total. The van der Waals surface area contributed by atoms with E-state index < -0.39 is 25.8 Å². The predicted molar refractivity (Wildman–Crippen MR) is 109 cm³/mol. The second kappa shape index (κ2) is 9.13. The monoisotopic (exact) mass is 422 g/mol. The maximum atomic E-state index is 12.3. The molecule has 150 valence electrons. The lowest BCUT2D eigenvalue weighted by atomic mass is 10.2. The summed E-state index contributed by atoms with van der Waals surface area (Å²) in [7, 11) is -6.77. The molecule has 0 aliphatic carbocycles. The van der Waals surface area contributed by atoms with E-state index in [1.165, 1.54) is 30.3 Å². The summed E-state index contributed by atoms with van der Waals surface area (Å²) in [6.45, 7) is 5.18. The van der Waals surface area contributed by atoms with Gasteiger partial charge in [-0.15, -0.1) is 6.58 Å². The van der Waals surface area contributed by atoms with Crippen molar-refractivity contribution in [2.75, 3.05) is 17.6 Å². The van der Waals surface area contributed by atoms with E-state index in [2.05, 4.69) is 16.6 Å². The van der Waals surface area contributed by atoms with Crippen molar-refractivity contribution in [3.05, 3.63) is 72.3 Å². The van der Waals surface area contributed by atoms with Crippen LogP contribution in [-0.4, -0.2) is 35.0 Å². The van der Waals surface area contributed by atoms with Gasteiger partial charge in [-0.05, 0) is 42.0 Å². The molecular weight excluding hydrogens is 400 g/mol. The van der Waals surface area contributed by atoms with Crippen molar-refractivity contribution < 1.29 is 21.6 Å². The predicted octanol–water partition coefficient (Wildman–Crippen LogP) is 2.34. The third-order valence-electron chi connectivity index (χ3n) is 3.87. The Morgan fingerprint density at radius 2 is 1.61 bits per heavy atom. The van der Waals surface area contributed by atoms with Crippen LogP contribution in [0.5, 0.6) is 0 Å². The summed E-state index contributed by atoms with van der Waals surface area (Å²) in [4.78, 5) is 12.5. The lowest BCUT2D eigenvalue weighted by Crippen LogP contribution is -2.25. The zero-order valence-electron chi connectivity index (χ0n) is 15.4. The number of benzene rings is 2. The van der Waals surface area contributed by atoms with Crippen LogP contribution in [0.25, 0.3) is 0 Å². The second-order valence-electron chi connectivity index (χ2n) is 5.98. The third-order valence-corrected chi connectivity index (χ3v) is 6.94. The summed E-state index contributed by atoms with van der Waals surface area (Å²) in [5.74, 6) is -0.583. The zero-order chi connectivity index (χ0) is 20.8. The van der Waals surface area contributed by atoms with Crippen LogP contribution in [0, 0.1) is 0 Å². The summed E-state index contributed by atoms with van der Waals surface area (Å²) >= 11 is 0. The largest absolute Gasteiger partial charge is 0.322 e. The van der Waals surface area contributed by atoms with E-state index in [4.69, 9.17) is 0 Å². The van der Waals surface area contributed by atoms with E-state index in [1.807, 2.05) is 0 Å². The van der Waals surface area contributed by atoms with Gasteiger partial charge in [-0.1, -0.05) is 25.1 Å². The molecule has 2 rings (SSSR count). The molecular formula is C19H22N2O5S2. The van der Waals surface area contributed by atoms with Gasteiger partial charge in [0, 0.05) is 17.8 Å². The summed E-state index contributed by atoms with van der Waals surface area (Å²) in [5.41, 5.74) is 1.38. The molecule has 0 saturated heterocycles. The smallest absolute Gasteiger partial charge is 0.255 e. The van der Waals surface area contributed by atoms with Crippen LogP contribution in [0.3, 0.4) is 0 Å². The molecule has 28 heavy (non-hydrogen) atoms. The fourth-order valence-electron chi connectivity index (χ4n) is 2.32. The Morgan fingerprint density at radius 3 is 2.14 bits per heavy atom. The molecule has 0 aliphatic heterocycles. The Bertz CT molecular complexity index is 1040. The van der Waals surface area contributed by atoms with Gasteiger partial charge in [0.2, 0.25) is 10.0 Å². The van der Waals surface area contributed by atoms with Crippen molar-refractivity contribution in [1.82, 2.24) is 4.72 Å². The van der Waals surface area contributed by atoms with Gasteiger partial charge in [-0.3, -0.25) is 4.79 Å². The van der Waals surface area contributed by atoms with Gasteiger partial charge in [0.15, 0.2) is 9.84 Å². The number of hydrogen-bond donors (Lipinski definition) is 2. The van der Waals surface area contributed by atoms with Crippen LogP contribution in [0.4, 0.5) is 5.69 Å². The molecule has 1 amide bonds. The molecule has 0 saturated carbocycles. The standard InChI is InChI=1S/C19H22N2O5S2/c1-3-13-20-28(25,26)14-15-5-9-17(10-6-15)21-19(22)16-7-11-18(12-8-16)27(23,24)4-2/h3,5-12,20H,1,4,13-14H2,2H3,(H,21,22). The summed E-state index contributed by atoms with van der Waals surface area (Å²) in [6.07, 6.45) is 1.46. The Morgan fingerprint density at radius 1 is 1.00 bits per heavy atom. The van der Waals surface area contributed by atoms with Crippen LogP contribution >= 0.6 is 0 Å². The highest BCUT2D eigenvalue weighted by Crippen LogP contribution is 2.15. The van der Waals surface area contributed by atoms with E-state index >= 15 is 0 Å². The van der Waals surface area contributed by atoms with Crippen LogP contribution in [0.15, 0.2) is 66.1 Å². The quantitative estimate of drug-likeness (QED) is 0.603. The van der Waals surface area contributed by atoms with Gasteiger partial charge >= 0.3 is 0 Å². The van der Waals surface area contributed by atoms with Crippen LogP contribution in [-0.2, 0) is 25.6 Å². The maximum absolute atomic E-state index is 12.3. The van der Waals surface area contributed by atoms with Crippen molar-refractivity contribution in [2.45, 2.75) is 17.6 Å². The first kappa shape index (κ1) is 21.8. The average molecular weight is 423 g/mol. The molecule has 0 aliphatic rings. The van der Waals surface area contributed by atoms with E-state index in [1.54, 1.807) is 31.2 Å². The normalized spacial score (nSPS) is 11.8. The number of anilines is 1. The number of amides is 1. The molecule has 0 unspecified atom stereocenters. The van der Waals surface area contributed by atoms with Crippen molar-refractivity contribution in [1.29, 1.82) is 0 Å². The van der Waals surface area contributed by atoms with Crippen molar-refractivity contribution in [2.24, 2.45) is 0 Å². The van der Waals surface area contributed by atoms with Crippen LogP contribution in [0.2, 0.25) is 0 Å². The molecule has 0 heterocycles. The summed E-state index contributed by atoms with van der Waals surface area (Å²) in [6, 6.07) is 12.1. The van der Waals surface area contributed by atoms with Gasteiger partial charge in [0.25, 0.3) is 5.91 Å². The highest BCUT2D eigenvalue weighted by Gasteiger charge is 2.13. The molecule has 0 fully saturated rings. The number of carbonyl (C=O) groups excluding carboxylic acids is 1. The fraction of sp³-hybridized carbons (Fsp3) is 0.211. The first-order chi connectivity index (χ1) is 13.2. The van der Waals surface area contributed by atoms with E-state index in [0.717, 1.165) is 0 Å². The number of sulfonamides is 1. The van der Waals surface area contributed by atoms with E-state index in [0.29, 0.717) is 16.8 Å². The molecule has 0 radical (unpaired) electrons. The van der Waals surface area contributed by atoms with Gasteiger partial charge in [0.05, 0.1) is 16.4 Å². The highest BCUT2D eigenvalue weighted by atomic mass is 32.2. The number of carbonyl (C=O) groups is 1. The molecule has 0 atom stereocenters. The number of nitrogens with one attached hydrogen (secondary N) is 2. The maximum Gasteiger partial charge on any atom is 0.255 e. The van der Waals surface area contributed by atoms with Crippen molar-refractivity contribution in [3.8, 4) is 0 Å². The molecule has 2 N–H and O–H groups in total. The molecule has 0 bridgehead atoms. The SMILES string of the molecule is C=CCNS(=O)(=O)Cc1ccc(NC(=O)c2ccc(S(=O)(=O)CC)cc2)cc1. The number of rotatable bonds is 9. The highest BCUT2D eigenvalue weighted by molar-refractivity contribution is 7.91. The molecule has 0 spiro atoms. The van der Waals surface area contributed by atoms with Gasteiger partial charge in [-0.25, -0.2) is 21.6 Å². The van der Waals surface area contributed by atoms with Gasteiger partial charge < -0.3 is 5.32 Å². The minimum atomic E-state index is -3.45. The topological polar surface area (TPSA) is 109 Å². The molecule has 2 aromatic rings. The van der Waals surface area contributed by atoms with Crippen molar-refractivity contribution in [3.63, 3.8) is 0 Å². The first-order valence-corrected chi connectivity index (χ1v) is 11.8. The minimum Gasteiger partial charge on any atom is -0.322 e. The second-order valence-corrected chi connectivity index (χ2v) is 10.1. The molecule has 2 aromatic carbocycles.